The molecule has 1 saturated heterocycles. The van der Waals surface area contributed by atoms with Crippen LogP contribution in [0.4, 0.5) is 0 Å². The quantitative estimate of drug-likeness (QED) is 0.345. The van der Waals surface area contributed by atoms with Crippen LogP contribution >= 0.6 is 0 Å². The topological polar surface area (TPSA) is 99.7 Å². The zero-order valence-electron chi connectivity index (χ0n) is 22.4. The summed E-state index contributed by atoms with van der Waals surface area (Å²) in [7, 11) is 3.25. The minimum absolute atomic E-state index is 0.336. The van der Waals surface area contributed by atoms with E-state index in [-0.39, 0.29) is 5.92 Å². The fraction of sp³-hybridized carbons (Fsp3) is 0.345. The maximum atomic E-state index is 9.30. The largest absolute Gasteiger partial charge is 0.493 e. The van der Waals surface area contributed by atoms with Gasteiger partial charge in [-0.05, 0) is 36.8 Å². The molecule has 0 radical (unpaired) electrons. The van der Waals surface area contributed by atoms with Crippen molar-refractivity contribution in [1.82, 2.24) is 24.2 Å². The van der Waals surface area contributed by atoms with E-state index < -0.39 is 0 Å². The van der Waals surface area contributed by atoms with Gasteiger partial charge in [0.05, 0.1) is 55.9 Å². The number of rotatable bonds is 7. The lowest BCUT2D eigenvalue weighted by Crippen LogP contribution is -2.40. The van der Waals surface area contributed by atoms with Crippen LogP contribution in [-0.4, -0.2) is 71.3 Å². The number of nitrogens with one attached hydrogen (secondary N) is 1. The summed E-state index contributed by atoms with van der Waals surface area (Å²) in [4.78, 5) is 7.07. The summed E-state index contributed by atoms with van der Waals surface area (Å²) in [5.74, 6) is 1.93. The van der Waals surface area contributed by atoms with Gasteiger partial charge in [0.15, 0.2) is 11.5 Å². The molecule has 0 amide bonds. The molecular weight excluding hydrogens is 496 g/mol. The second kappa shape index (κ2) is 10.5. The van der Waals surface area contributed by atoms with Gasteiger partial charge in [0.25, 0.3) is 0 Å². The second-order valence-corrected chi connectivity index (χ2v) is 9.66. The molecule has 2 aromatic carbocycles. The Kier molecular flexibility index (Phi) is 6.80. The number of benzene rings is 2. The first-order valence-electron chi connectivity index (χ1n) is 13.1. The zero-order chi connectivity index (χ0) is 26.9. The van der Waals surface area contributed by atoms with E-state index in [0.717, 1.165) is 55.4 Å². The minimum atomic E-state index is -0.336. The number of ether oxygens (including phenoxy) is 4. The fourth-order valence-electron chi connectivity index (χ4n) is 5.38. The number of aryl methyl sites for hydroxylation is 1. The Morgan fingerprint density at radius 1 is 0.974 bits per heavy atom. The summed E-state index contributed by atoms with van der Waals surface area (Å²) in [6, 6.07) is 15.8. The summed E-state index contributed by atoms with van der Waals surface area (Å²) in [5, 5.41) is 14.2. The van der Waals surface area contributed by atoms with Crippen LogP contribution in [0.2, 0.25) is 0 Å². The molecule has 202 valence electrons. The molecule has 4 heterocycles. The first-order valence-corrected chi connectivity index (χ1v) is 13.1. The molecule has 1 N–H and O–H groups in total. The average molecular weight is 529 g/mol. The monoisotopic (exact) mass is 528 g/mol. The number of para-hydroxylation sites is 1. The van der Waals surface area contributed by atoms with Crippen molar-refractivity contribution in [3.63, 3.8) is 0 Å². The third-order valence-corrected chi connectivity index (χ3v) is 7.42. The van der Waals surface area contributed by atoms with Crippen molar-refractivity contribution in [3.8, 4) is 28.9 Å². The molecule has 10 heteroatoms. The Morgan fingerprint density at radius 3 is 2.49 bits per heavy atom. The molecule has 2 aliphatic rings. The van der Waals surface area contributed by atoms with Crippen molar-refractivity contribution < 1.29 is 18.9 Å². The van der Waals surface area contributed by atoms with E-state index in [9.17, 15) is 5.41 Å². The fourth-order valence-corrected chi connectivity index (χ4v) is 5.38. The molecule has 1 atom stereocenters. The van der Waals surface area contributed by atoms with Gasteiger partial charge in [-0.3, -0.25) is 10.3 Å². The average Bonchev–Trinajstić information content (AvgIpc) is 3.32. The van der Waals surface area contributed by atoms with Crippen molar-refractivity contribution in [3.05, 3.63) is 82.7 Å². The van der Waals surface area contributed by atoms with Crippen molar-refractivity contribution in [2.45, 2.75) is 19.4 Å². The molecular formula is C29H32N6O4. The smallest absolute Gasteiger partial charge is 0.230 e. The van der Waals surface area contributed by atoms with Crippen LogP contribution in [0.1, 0.15) is 28.3 Å². The van der Waals surface area contributed by atoms with Crippen LogP contribution < -0.4 is 19.7 Å². The van der Waals surface area contributed by atoms with Crippen LogP contribution in [0, 0.1) is 12.3 Å². The van der Waals surface area contributed by atoms with E-state index in [1.54, 1.807) is 20.5 Å². The summed E-state index contributed by atoms with van der Waals surface area (Å²) < 4.78 is 26.8. The molecule has 4 aromatic rings. The highest BCUT2D eigenvalue weighted by Gasteiger charge is 2.37. The lowest BCUT2D eigenvalue weighted by molar-refractivity contribution is 0.0362. The van der Waals surface area contributed by atoms with Crippen molar-refractivity contribution in [2.75, 3.05) is 47.1 Å². The third-order valence-electron chi connectivity index (χ3n) is 7.42. The SMILES string of the molecule is COc1ccc([C@@H]2c3c(C)nn(-c4ccccc4)c3Oc3ncn(CCN4CCOCC4)c(=N)c32)cc1OC. The molecule has 0 spiro atoms. The second-order valence-electron chi connectivity index (χ2n) is 9.66. The number of methoxy groups -OCH3 is 2. The Morgan fingerprint density at radius 2 is 1.74 bits per heavy atom. The van der Waals surface area contributed by atoms with Crippen LogP contribution in [0.15, 0.2) is 54.9 Å². The van der Waals surface area contributed by atoms with Gasteiger partial charge in [0, 0.05) is 26.2 Å². The highest BCUT2D eigenvalue weighted by atomic mass is 16.5. The molecule has 6 rings (SSSR count). The number of hydrogen-bond acceptors (Lipinski definition) is 8. The van der Waals surface area contributed by atoms with Gasteiger partial charge >= 0.3 is 0 Å². The Labute approximate surface area is 226 Å². The van der Waals surface area contributed by atoms with Crippen molar-refractivity contribution in [1.29, 1.82) is 5.41 Å². The van der Waals surface area contributed by atoms with Gasteiger partial charge in [0.1, 0.15) is 11.8 Å². The molecule has 2 aromatic heterocycles. The van der Waals surface area contributed by atoms with Crippen LogP contribution in [0.5, 0.6) is 23.3 Å². The molecule has 0 bridgehead atoms. The Bertz CT molecular complexity index is 1540. The number of morpholine rings is 1. The van der Waals surface area contributed by atoms with E-state index >= 15 is 0 Å². The first-order chi connectivity index (χ1) is 19.1. The van der Waals surface area contributed by atoms with Crippen molar-refractivity contribution >= 4 is 0 Å². The van der Waals surface area contributed by atoms with Gasteiger partial charge in [0.2, 0.25) is 11.8 Å². The van der Waals surface area contributed by atoms with Gasteiger partial charge in [-0.2, -0.15) is 5.10 Å². The van der Waals surface area contributed by atoms with Gasteiger partial charge in [-0.1, -0.05) is 24.3 Å². The molecule has 39 heavy (non-hydrogen) atoms. The third kappa shape index (κ3) is 4.55. The molecule has 10 nitrogen and oxygen atoms in total. The lowest BCUT2D eigenvalue weighted by Gasteiger charge is -2.29. The maximum Gasteiger partial charge on any atom is 0.230 e. The molecule has 0 aliphatic carbocycles. The van der Waals surface area contributed by atoms with E-state index in [4.69, 9.17) is 29.0 Å². The highest BCUT2D eigenvalue weighted by Crippen LogP contribution is 2.48. The van der Waals surface area contributed by atoms with E-state index in [1.165, 1.54) is 0 Å². The van der Waals surface area contributed by atoms with Gasteiger partial charge in [-0.25, -0.2) is 9.67 Å². The maximum absolute atomic E-state index is 9.30. The van der Waals surface area contributed by atoms with Crippen LogP contribution in [-0.2, 0) is 11.3 Å². The zero-order valence-corrected chi connectivity index (χ0v) is 22.4. The normalized spacial score (nSPS) is 16.7. The highest BCUT2D eigenvalue weighted by molar-refractivity contribution is 5.59. The lowest BCUT2D eigenvalue weighted by atomic mass is 9.84. The minimum Gasteiger partial charge on any atom is -0.493 e. The predicted molar refractivity (Wildman–Crippen MR) is 144 cm³/mol. The molecule has 1 fully saturated rings. The van der Waals surface area contributed by atoms with Gasteiger partial charge in [-0.15, -0.1) is 0 Å². The number of hydrogen-bond donors (Lipinski definition) is 1. The van der Waals surface area contributed by atoms with Crippen LogP contribution in [0.25, 0.3) is 5.69 Å². The summed E-state index contributed by atoms with van der Waals surface area (Å²) in [6.45, 7) is 6.71. The van der Waals surface area contributed by atoms with E-state index in [0.29, 0.717) is 40.9 Å². The van der Waals surface area contributed by atoms with E-state index in [2.05, 4.69) is 4.90 Å². The summed E-state index contributed by atoms with van der Waals surface area (Å²) in [6.07, 6.45) is 1.70. The molecule has 0 saturated carbocycles. The van der Waals surface area contributed by atoms with Gasteiger partial charge < -0.3 is 23.5 Å². The summed E-state index contributed by atoms with van der Waals surface area (Å²) >= 11 is 0. The standard InChI is InChI=1S/C29H32N6O4/c1-19-24-25(20-9-10-22(36-2)23(17-20)37-3)26-27(30)34(12-11-33-13-15-38-16-14-33)18-31-28(26)39-29(24)35(32-19)21-7-5-4-6-8-21/h4-10,17-18,25,30H,11-16H2,1-3H3/t25-/m1/s1. The molecule has 0 unspecified atom stereocenters. The Hall–Kier alpha value is -4.15. The predicted octanol–water partition coefficient (Wildman–Crippen LogP) is 3.49. The number of fused-ring (bicyclic) bond motifs is 2. The Balaban J connectivity index is 1.49. The van der Waals surface area contributed by atoms with Crippen molar-refractivity contribution in [2.24, 2.45) is 0 Å². The first kappa shape index (κ1) is 25.1. The molecule has 2 aliphatic heterocycles. The van der Waals surface area contributed by atoms with E-state index in [1.807, 2.05) is 64.7 Å². The van der Waals surface area contributed by atoms with Crippen LogP contribution in [0.3, 0.4) is 0 Å². The number of aromatic nitrogens is 4. The number of nitrogens with zero attached hydrogens (tertiary/aromatic N) is 5. The summed E-state index contributed by atoms with van der Waals surface area (Å²) in [5.41, 5.74) is 4.62.